The van der Waals surface area contributed by atoms with Gasteiger partial charge in [0.1, 0.15) is 0 Å². The molecular formula is C6H5NO4. The van der Waals surface area contributed by atoms with E-state index in [2.05, 4.69) is 5.32 Å². The highest BCUT2D eigenvalue weighted by Crippen LogP contribution is 2.50. The fourth-order valence-corrected chi connectivity index (χ4v) is 1.56. The molecule has 11 heavy (non-hydrogen) atoms. The zero-order valence-corrected chi connectivity index (χ0v) is 5.40. The Morgan fingerprint density at radius 1 is 1.27 bits per heavy atom. The van der Waals surface area contributed by atoms with E-state index in [9.17, 15) is 14.4 Å². The van der Waals surface area contributed by atoms with Gasteiger partial charge in [-0.05, 0) is 0 Å². The largest absolute Gasteiger partial charge is 0.481 e. The van der Waals surface area contributed by atoms with Crippen LogP contribution >= 0.6 is 0 Å². The Hall–Kier alpha value is -1.39. The van der Waals surface area contributed by atoms with Crippen LogP contribution in [0.5, 0.6) is 0 Å². The zero-order valence-electron chi connectivity index (χ0n) is 5.40. The number of aliphatic carboxylic acids is 1. The molecule has 5 nitrogen and oxygen atoms in total. The van der Waals surface area contributed by atoms with Crippen molar-refractivity contribution in [3.05, 3.63) is 0 Å². The number of rotatable bonds is 1. The van der Waals surface area contributed by atoms with Crippen molar-refractivity contribution in [1.29, 1.82) is 0 Å². The number of fused-ring (bicyclic) bond motifs is 1. The van der Waals surface area contributed by atoms with Gasteiger partial charge in [0.25, 0.3) is 0 Å². The van der Waals surface area contributed by atoms with Crippen LogP contribution < -0.4 is 5.32 Å². The Labute approximate surface area is 61.4 Å². The maximum atomic E-state index is 10.7. The summed E-state index contributed by atoms with van der Waals surface area (Å²) < 4.78 is 0. The number of piperidine rings is 1. The van der Waals surface area contributed by atoms with Crippen molar-refractivity contribution in [1.82, 2.24) is 5.32 Å². The first kappa shape index (κ1) is 6.33. The van der Waals surface area contributed by atoms with Crippen LogP contribution in [0, 0.1) is 17.8 Å². The lowest BCUT2D eigenvalue weighted by atomic mass is 10.3. The Kier molecular flexibility index (Phi) is 0.925. The van der Waals surface area contributed by atoms with E-state index >= 15 is 0 Å². The molecule has 2 amide bonds. The maximum Gasteiger partial charge on any atom is 0.308 e. The summed E-state index contributed by atoms with van der Waals surface area (Å²) in [5, 5.41) is 10.5. The van der Waals surface area contributed by atoms with Crippen LogP contribution in [0.15, 0.2) is 0 Å². The van der Waals surface area contributed by atoms with Gasteiger partial charge in [-0.25, -0.2) is 0 Å². The fourth-order valence-electron chi connectivity index (χ4n) is 1.56. The van der Waals surface area contributed by atoms with Crippen molar-refractivity contribution in [3.63, 3.8) is 0 Å². The molecule has 0 aromatic heterocycles. The maximum absolute atomic E-state index is 10.7. The molecule has 2 fully saturated rings. The molecule has 1 aliphatic heterocycles. The predicted octanol–water partition coefficient (Wildman–Crippen LogP) is -1.41. The van der Waals surface area contributed by atoms with E-state index in [4.69, 9.17) is 5.11 Å². The molecule has 0 aromatic carbocycles. The van der Waals surface area contributed by atoms with Gasteiger partial charge in [0.2, 0.25) is 11.8 Å². The summed E-state index contributed by atoms with van der Waals surface area (Å²) in [6.07, 6.45) is 0. The molecule has 58 valence electrons. The highest BCUT2D eigenvalue weighted by Gasteiger charge is 2.67. The normalized spacial score (nSPS) is 39.8. The van der Waals surface area contributed by atoms with Crippen LogP contribution in [0.25, 0.3) is 0 Å². The number of nitrogens with one attached hydrogen (secondary N) is 1. The van der Waals surface area contributed by atoms with Crippen LogP contribution in [0.2, 0.25) is 0 Å². The van der Waals surface area contributed by atoms with Gasteiger partial charge >= 0.3 is 5.97 Å². The van der Waals surface area contributed by atoms with Crippen LogP contribution in [-0.2, 0) is 14.4 Å². The van der Waals surface area contributed by atoms with Crippen molar-refractivity contribution in [2.45, 2.75) is 0 Å². The van der Waals surface area contributed by atoms with E-state index in [1.165, 1.54) is 0 Å². The Bertz CT molecular complexity index is 245. The summed E-state index contributed by atoms with van der Waals surface area (Å²) in [5.74, 6) is -3.85. The average Bonchev–Trinajstić information content (AvgIpc) is 2.53. The molecule has 2 aliphatic rings. The third kappa shape index (κ3) is 0.621. The lowest BCUT2D eigenvalue weighted by Gasteiger charge is -1.96. The van der Waals surface area contributed by atoms with Gasteiger partial charge in [-0.2, -0.15) is 0 Å². The fraction of sp³-hybridized carbons (Fsp3) is 0.500. The highest BCUT2D eigenvalue weighted by molar-refractivity contribution is 6.13. The van der Waals surface area contributed by atoms with Crippen LogP contribution in [0.1, 0.15) is 0 Å². The molecule has 2 rings (SSSR count). The first-order valence-electron chi connectivity index (χ1n) is 3.20. The molecule has 1 saturated heterocycles. The summed E-state index contributed by atoms with van der Waals surface area (Å²) in [6.45, 7) is 0. The Morgan fingerprint density at radius 3 is 2.00 bits per heavy atom. The first-order chi connectivity index (χ1) is 5.13. The number of carboxylic acid groups (broad SMARTS) is 1. The molecule has 0 spiro atoms. The summed E-state index contributed by atoms with van der Waals surface area (Å²) in [5.41, 5.74) is 0. The molecule has 2 atom stereocenters. The Morgan fingerprint density at radius 2 is 1.73 bits per heavy atom. The number of carbonyl (C=O) groups is 3. The standard InChI is InChI=1S/C6H5NO4/c8-4-1-2(5(9)7-4)3(1)6(10)11/h1-3H,(H,10,11)(H,7,8,9). The van der Waals surface area contributed by atoms with Gasteiger partial charge in [-0.1, -0.05) is 0 Å². The summed E-state index contributed by atoms with van der Waals surface area (Å²) in [6, 6.07) is 0. The van der Waals surface area contributed by atoms with Gasteiger partial charge in [0.05, 0.1) is 17.8 Å². The van der Waals surface area contributed by atoms with Crippen molar-refractivity contribution in [2.75, 3.05) is 0 Å². The minimum atomic E-state index is -1.05. The summed E-state index contributed by atoms with van der Waals surface area (Å²) in [4.78, 5) is 31.8. The number of hydrogen-bond acceptors (Lipinski definition) is 3. The minimum absolute atomic E-state index is 0.438. The number of amides is 2. The number of hydrogen-bond donors (Lipinski definition) is 2. The molecule has 0 radical (unpaired) electrons. The van der Waals surface area contributed by atoms with Crippen molar-refractivity contribution in [2.24, 2.45) is 17.8 Å². The van der Waals surface area contributed by atoms with Crippen LogP contribution in [0.3, 0.4) is 0 Å². The van der Waals surface area contributed by atoms with E-state index in [0.29, 0.717) is 0 Å². The van der Waals surface area contributed by atoms with Crippen LogP contribution in [0.4, 0.5) is 0 Å². The number of carboxylic acids is 1. The second-order valence-electron chi connectivity index (χ2n) is 2.77. The molecule has 1 aliphatic carbocycles. The quantitative estimate of drug-likeness (QED) is 0.455. The van der Waals surface area contributed by atoms with E-state index in [0.717, 1.165) is 0 Å². The van der Waals surface area contributed by atoms with Gasteiger partial charge < -0.3 is 5.11 Å². The van der Waals surface area contributed by atoms with Crippen molar-refractivity contribution < 1.29 is 19.5 Å². The van der Waals surface area contributed by atoms with Gasteiger partial charge in [-0.15, -0.1) is 0 Å². The number of carbonyl (C=O) groups excluding carboxylic acids is 2. The average molecular weight is 155 g/mol. The second-order valence-corrected chi connectivity index (χ2v) is 2.77. The molecule has 0 aromatic rings. The first-order valence-corrected chi connectivity index (χ1v) is 3.20. The lowest BCUT2D eigenvalue weighted by Crippen LogP contribution is -2.29. The SMILES string of the molecule is O=C(O)C1C2C(=O)NC(=O)C12. The van der Waals surface area contributed by atoms with E-state index in [1.54, 1.807) is 0 Å². The monoisotopic (exact) mass is 155 g/mol. The topological polar surface area (TPSA) is 83.5 Å². The van der Waals surface area contributed by atoms with E-state index in [-0.39, 0.29) is 0 Å². The van der Waals surface area contributed by atoms with Gasteiger partial charge in [0, 0.05) is 0 Å². The molecular weight excluding hydrogens is 150 g/mol. The highest BCUT2D eigenvalue weighted by atomic mass is 16.4. The molecule has 2 unspecified atom stereocenters. The summed E-state index contributed by atoms with van der Waals surface area (Å²) in [7, 11) is 0. The molecule has 1 heterocycles. The van der Waals surface area contributed by atoms with Crippen molar-refractivity contribution in [3.8, 4) is 0 Å². The van der Waals surface area contributed by atoms with E-state index < -0.39 is 35.5 Å². The summed E-state index contributed by atoms with van der Waals surface area (Å²) >= 11 is 0. The molecule has 1 saturated carbocycles. The van der Waals surface area contributed by atoms with Gasteiger partial charge in [0.15, 0.2) is 0 Å². The van der Waals surface area contributed by atoms with Crippen molar-refractivity contribution >= 4 is 17.8 Å². The lowest BCUT2D eigenvalue weighted by molar-refractivity contribution is -0.142. The minimum Gasteiger partial charge on any atom is -0.481 e. The zero-order chi connectivity index (χ0) is 8.17. The number of imide groups is 1. The molecule has 5 heteroatoms. The van der Waals surface area contributed by atoms with Gasteiger partial charge in [-0.3, -0.25) is 19.7 Å². The van der Waals surface area contributed by atoms with E-state index in [1.807, 2.05) is 0 Å². The van der Waals surface area contributed by atoms with Crippen LogP contribution in [-0.4, -0.2) is 22.9 Å². The smallest absolute Gasteiger partial charge is 0.308 e. The predicted molar refractivity (Wildman–Crippen MR) is 31.3 cm³/mol. The Balaban J connectivity index is 2.22. The molecule has 0 bridgehead atoms. The molecule has 2 N–H and O–H groups in total. The third-order valence-electron chi connectivity index (χ3n) is 2.16. The second kappa shape index (κ2) is 1.61. The third-order valence-corrected chi connectivity index (χ3v) is 2.16.